The van der Waals surface area contributed by atoms with Crippen molar-refractivity contribution < 1.29 is 22.7 Å². The van der Waals surface area contributed by atoms with Crippen molar-refractivity contribution in [2.24, 2.45) is 0 Å². The Balaban J connectivity index is 2.21. The Bertz CT molecular complexity index is 858. The summed E-state index contributed by atoms with van der Waals surface area (Å²) >= 11 is 1.25. The number of fused-ring (bicyclic) bond motifs is 1. The molecule has 3 aromatic heterocycles. The minimum absolute atomic E-state index is 0.0639. The zero-order valence-electron chi connectivity index (χ0n) is 11.7. The summed E-state index contributed by atoms with van der Waals surface area (Å²) in [5.41, 5.74) is -0.948. The number of nitrogens with zero attached hydrogens (tertiary/aromatic N) is 4. The quantitative estimate of drug-likeness (QED) is 0.684. The molecule has 0 amide bonds. The zero-order valence-corrected chi connectivity index (χ0v) is 12.5. The van der Waals surface area contributed by atoms with Gasteiger partial charge in [-0.1, -0.05) is 6.07 Å². The molecule has 0 saturated heterocycles. The fourth-order valence-corrected chi connectivity index (χ4v) is 2.59. The molecule has 0 unspecified atom stereocenters. The van der Waals surface area contributed by atoms with Gasteiger partial charge < -0.3 is 4.74 Å². The Morgan fingerprint density at radius 3 is 2.78 bits per heavy atom. The molecule has 120 valence electrons. The van der Waals surface area contributed by atoms with Crippen LogP contribution in [0.1, 0.15) is 23.2 Å². The highest BCUT2D eigenvalue weighted by Crippen LogP contribution is 2.32. The van der Waals surface area contributed by atoms with Gasteiger partial charge in [0.15, 0.2) is 5.69 Å². The van der Waals surface area contributed by atoms with Crippen molar-refractivity contribution >= 4 is 23.1 Å². The summed E-state index contributed by atoms with van der Waals surface area (Å²) in [5.74, 6) is -1.68. The topological polar surface area (TPSA) is 69.4 Å². The third-order valence-corrected chi connectivity index (χ3v) is 3.73. The van der Waals surface area contributed by atoms with Crippen LogP contribution in [0.4, 0.5) is 13.2 Å². The summed E-state index contributed by atoms with van der Waals surface area (Å²) in [6, 6.07) is 4.22. The third kappa shape index (κ3) is 2.89. The predicted octanol–water partition coefficient (Wildman–Crippen LogP) is 3.05. The molecule has 0 fully saturated rings. The normalized spacial score (nSPS) is 11.8. The van der Waals surface area contributed by atoms with Crippen LogP contribution in [0.25, 0.3) is 16.3 Å². The van der Waals surface area contributed by atoms with E-state index < -0.39 is 23.7 Å². The summed E-state index contributed by atoms with van der Waals surface area (Å²) in [5, 5.41) is 5.30. The SMILES string of the molecule is CCOC(=O)c1nc2nc(-c3cccs3)cc(C(F)(F)F)n2n1. The van der Waals surface area contributed by atoms with Crippen LogP contribution in [-0.4, -0.2) is 32.2 Å². The van der Waals surface area contributed by atoms with E-state index in [9.17, 15) is 18.0 Å². The first-order valence-corrected chi connectivity index (χ1v) is 7.34. The molecule has 0 aliphatic heterocycles. The van der Waals surface area contributed by atoms with Gasteiger partial charge in [0.05, 0.1) is 17.2 Å². The van der Waals surface area contributed by atoms with E-state index in [2.05, 4.69) is 15.1 Å². The summed E-state index contributed by atoms with van der Waals surface area (Å²) < 4.78 is 45.0. The van der Waals surface area contributed by atoms with E-state index in [1.165, 1.54) is 11.3 Å². The molecule has 3 rings (SSSR count). The molecule has 0 aliphatic rings. The molecule has 0 bridgehead atoms. The Morgan fingerprint density at radius 1 is 1.39 bits per heavy atom. The number of carbonyl (C=O) groups is 1. The van der Waals surface area contributed by atoms with Crippen molar-refractivity contribution in [3.05, 3.63) is 35.1 Å². The first kappa shape index (κ1) is 15.4. The molecule has 10 heteroatoms. The lowest BCUT2D eigenvalue weighted by atomic mass is 10.3. The van der Waals surface area contributed by atoms with Crippen LogP contribution in [0.3, 0.4) is 0 Å². The van der Waals surface area contributed by atoms with E-state index in [0.29, 0.717) is 9.39 Å². The average Bonchev–Trinajstić information content (AvgIpc) is 3.14. The minimum Gasteiger partial charge on any atom is -0.460 e. The highest BCUT2D eigenvalue weighted by molar-refractivity contribution is 7.13. The zero-order chi connectivity index (χ0) is 16.6. The largest absolute Gasteiger partial charge is 0.460 e. The fraction of sp³-hybridized carbons (Fsp3) is 0.231. The summed E-state index contributed by atoms with van der Waals surface area (Å²) in [6.07, 6.45) is -4.67. The minimum atomic E-state index is -4.67. The van der Waals surface area contributed by atoms with Crippen molar-refractivity contribution in [3.8, 4) is 10.6 Å². The molecule has 3 aromatic rings. The number of esters is 1. The number of rotatable bonds is 3. The number of hydrogen-bond acceptors (Lipinski definition) is 6. The molecule has 0 radical (unpaired) electrons. The smallest absolute Gasteiger partial charge is 0.433 e. The lowest BCUT2D eigenvalue weighted by Gasteiger charge is -2.09. The monoisotopic (exact) mass is 342 g/mol. The van der Waals surface area contributed by atoms with Gasteiger partial charge in [-0.05, 0) is 24.4 Å². The molecule has 0 saturated carbocycles. The van der Waals surface area contributed by atoms with Gasteiger partial charge in [-0.3, -0.25) is 0 Å². The molecule has 0 aliphatic carbocycles. The van der Waals surface area contributed by atoms with Crippen molar-refractivity contribution in [1.82, 2.24) is 19.6 Å². The molecule has 0 spiro atoms. The Morgan fingerprint density at radius 2 is 2.17 bits per heavy atom. The van der Waals surface area contributed by atoms with E-state index in [1.807, 2.05) is 0 Å². The Kier molecular flexibility index (Phi) is 3.76. The van der Waals surface area contributed by atoms with E-state index in [0.717, 1.165) is 6.07 Å². The van der Waals surface area contributed by atoms with Crippen LogP contribution in [-0.2, 0) is 10.9 Å². The Labute approximate surface area is 131 Å². The molecule has 23 heavy (non-hydrogen) atoms. The van der Waals surface area contributed by atoms with Crippen LogP contribution < -0.4 is 0 Å². The maximum Gasteiger partial charge on any atom is 0.433 e. The standard InChI is InChI=1S/C13H9F3N4O2S/c1-2-22-11(21)10-18-12-17-7(8-4-3-5-23-8)6-9(13(14,15)16)20(12)19-10/h3-6H,2H2,1H3. The van der Waals surface area contributed by atoms with Gasteiger partial charge in [-0.2, -0.15) is 22.7 Å². The summed E-state index contributed by atoms with van der Waals surface area (Å²) in [6.45, 7) is 1.64. The van der Waals surface area contributed by atoms with E-state index >= 15 is 0 Å². The van der Waals surface area contributed by atoms with Gasteiger partial charge in [0.1, 0.15) is 0 Å². The lowest BCUT2D eigenvalue weighted by molar-refractivity contribution is -0.142. The predicted molar refractivity (Wildman–Crippen MR) is 75.1 cm³/mol. The molecular formula is C13H9F3N4O2S. The first-order valence-electron chi connectivity index (χ1n) is 6.46. The van der Waals surface area contributed by atoms with E-state index in [-0.39, 0.29) is 18.1 Å². The summed E-state index contributed by atoms with van der Waals surface area (Å²) in [4.78, 5) is 20.0. The second-order valence-electron chi connectivity index (χ2n) is 4.37. The number of alkyl halides is 3. The van der Waals surface area contributed by atoms with Crippen molar-refractivity contribution in [1.29, 1.82) is 0 Å². The van der Waals surface area contributed by atoms with Gasteiger partial charge in [-0.25, -0.2) is 9.78 Å². The van der Waals surface area contributed by atoms with Gasteiger partial charge in [0, 0.05) is 0 Å². The van der Waals surface area contributed by atoms with Crippen LogP contribution in [0, 0.1) is 0 Å². The van der Waals surface area contributed by atoms with Gasteiger partial charge in [-0.15, -0.1) is 16.4 Å². The molecular weight excluding hydrogens is 333 g/mol. The average molecular weight is 342 g/mol. The van der Waals surface area contributed by atoms with Crippen LogP contribution in [0.15, 0.2) is 23.6 Å². The summed E-state index contributed by atoms with van der Waals surface area (Å²) in [7, 11) is 0. The molecule has 6 nitrogen and oxygen atoms in total. The van der Waals surface area contributed by atoms with Crippen molar-refractivity contribution in [2.45, 2.75) is 13.1 Å². The third-order valence-electron chi connectivity index (χ3n) is 2.83. The van der Waals surface area contributed by atoms with Gasteiger partial charge in [0.2, 0.25) is 0 Å². The number of hydrogen-bond donors (Lipinski definition) is 0. The molecule has 0 aromatic carbocycles. The maximum absolute atomic E-state index is 13.3. The second kappa shape index (κ2) is 5.61. The van der Waals surface area contributed by atoms with E-state index in [1.54, 1.807) is 24.4 Å². The number of halogens is 3. The molecule has 0 N–H and O–H groups in total. The number of thiophene rings is 1. The number of aromatic nitrogens is 4. The van der Waals surface area contributed by atoms with Crippen molar-refractivity contribution in [3.63, 3.8) is 0 Å². The van der Waals surface area contributed by atoms with Gasteiger partial charge >= 0.3 is 12.1 Å². The Hall–Kier alpha value is -2.49. The van der Waals surface area contributed by atoms with Crippen LogP contribution in [0.2, 0.25) is 0 Å². The van der Waals surface area contributed by atoms with Gasteiger partial charge in [0.25, 0.3) is 11.6 Å². The van der Waals surface area contributed by atoms with E-state index in [4.69, 9.17) is 4.74 Å². The molecule has 3 heterocycles. The van der Waals surface area contributed by atoms with Crippen LogP contribution >= 0.6 is 11.3 Å². The van der Waals surface area contributed by atoms with Crippen molar-refractivity contribution in [2.75, 3.05) is 6.61 Å². The fourth-order valence-electron chi connectivity index (χ4n) is 1.90. The highest BCUT2D eigenvalue weighted by atomic mass is 32.1. The van der Waals surface area contributed by atoms with Crippen LogP contribution in [0.5, 0.6) is 0 Å². The maximum atomic E-state index is 13.3. The second-order valence-corrected chi connectivity index (χ2v) is 5.32. The molecule has 0 atom stereocenters. The number of carbonyl (C=O) groups excluding carboxylic acids is 1. The number of ether oxygens (including phenoxy) is 1. The lowest BCUT2D eigenvalue weighted by Crippen LogP contribution is -2.14. The first-order chi connectivity index (χ1) is 10.9. The highest BCUT2D eigenvalue weighted by Gasteiger charge is 2.36.